The molecule has 1 aliphatic heterocycles. The maximum absolute atomic E-state index is 11.5. The van der Waals surface area contributed by atoms with Crippen LogP contribution in [-0.4, -0.2) is 28.6 Å². The fourth-order valence-electron chi connectivity index (χ4n) is 1.41. The summed E-state index contributed by atoms with van der Waals surface area (Å²) in [5.74, 6) is 0.207. The molecule has 0 radical (unpaired) electrons. The number of rotatable bonds is 2. The van der Waals surface area contributed by atoms with Crippen molar-refractivity contribution in [1.82, 2.24) is 9.78 Å². The van der Waals surface area contributed by atoms with Gasteiger partial charge in [-0.25, -0.2) is 9.48 Å². The quantitative estimate of drug-likeness (QED) is 0.737. The van der Waals surface area contributed by atoms with Gasteiger partial charge in [0.1, 0.15) is 5.56 Å². The van der Waals surface area contributed by atoms with Crippen LogP contribution in [0, 0.1) is 0 Å². The van der Waals surface area contributed by atoms with Crippen molar-refractivity contribution in [2.45, 2.75) is 19.9 Å². The van der Waals surface area contributed by atoms with Crippen molar-refractivity contribution in [2.75, 3.05) is 12.0 Å². The number of hydrogen-bond donors (Lipinski definition) is 1. The molecule has 0 fully saturated rings. The summed E-state index contributed by atoms with van der Waals surface area (Å²) in [5, 5.41) is 8.03. The van der Waals surface area contributed by atoms with Gasteiger partial charge >= 0.3 is 5.97 Å². The Kier molecular flexibility index (Phi) is 2.40. The zero-order valence-corrected chi connectivity index (χ0v) is 8.60. The topological polar surface area (TPSA) is 68.5 Å². The van der Waals surface area contributed by atoms with Crippen LogP contribution < -0.4 is 5.43 Å². The lowest BCUT2D eigenvalue weighted by Gasteiger charge is -2.16. The number of hydrazone groups is 1. The molecule has 6 heteroatoms. The summed E-state index contributed by atoms with van der Waals surface area (Å²) in [7, 11) is 0. The smallest absolute Gasteiger partial charge is 0.343 e. The molecule has 1 aromatic heterocycles. The lowest BCUT2D eigenvalue weighted by molar-refractivity contribution is 0.0527. The van der Waals surface area contributed by atoms with Gasteiger partial charge in [-0.15, -0.1) is 0 Å². The molecule has 0 spiro atoms. The first-order chi connectivity index (χ1) is 7.24. The first-order valence-electron chi connectivity index (χ1n) is 4.78. The van der Waals surface area contributed by atoms with Gasteiger partial charge in [-0.2, -0.15) is 10.2 Å². The number of ether oxygens (including phenoxy) is 1. The highest BCUT2D eigenvalue weighted by Crippen LogP contribution is 2.22. The molecule has 0 saturated heterocycles. The van der Waals surface area contributed by atoms with E-state index in [4.69, 9.17) is 4.74 Å². The number of nitrogens with one attached hydrogen (secondary N) is 1. The van der Waals surface area contributed by atoms with Gasteiger partial charge in [0.05, 0.1) is 18.8 Å². The monoisotopic (exact) mass is 208 g/mol. The second-order valence-electron chi connectivity index (χ2n) is 3.20. The molecule has 0 aliphatic carbocycles. The van der Waals surface area contributed by atoms with E-state index < -0.39 is 0 Å². The molecule has 0 bridgehead atoms. The highest BCUT2D eigenvalue weighted by molar-refractivity contribution is 5.95. The van der Waals surface area contributed by atoms with Crippen LogP contribution in [0.3, 0.4) is 0 Å². The van der Waals surface area contributed by atoms with Crippen LogP contribution in [-0.2, 0) is 4.74 Å². The number of esters is 1. The third kappa shape index (κ3) is 1.58. The average Bonchev–Trinajstić information content (AvgIpc) is 2.63. The summed E-state index contributed by atoms with van der Waals surface area (Å²) in [5.41, 5.74) is 3.17. The summed E-state index contributed by atoms with van der Waals surface area (Å²) in [4.78, 5) is 11.5. The predicted molar refractivity (Wildman–Crippen MR) is 55.0 cm³/mol. The number of fused-ring (bicyclic) bond motifs is 1. The summed E-state index contributed by atoms with van der Waals surface area (Å²) in [6.45, 7) is 4.06. The molecule has 0 amide bonds. The fourth-order valence-corrected chi connectivity index (χ4v) is 1.41. The highest BCUT2D eigenvalue weighted by Gasteiger charge is 2.22. The van der Waals surface area contributed by atoms with E-state index in [2.05, 4.69) is 15.6 Å². The minimum Gasteiger partial charge on any atom is -0.462 e. The predicted octanol–water partition coefficient (Wildman–Crippen LogP) is 1.03. The summed E-state index contributed by atoms with van der Waals surface area (Å²) in [6, 6.07) is 0.0458. The van der Waals surface area contributed by atoms with Gasteiger partial charge in [0.15, 0.2) is 5.82 Å². The van der Waals surface area contributed by atoms with Gasteiger partial charge < -0.3 is 4.74 Å². The molecule has 6 nitrogen and oxygen atoms in total. The Morgan fingerprint density at radius 3 is 3.27 bits per heavy atom. The minimum absolute atomic E-state index is 0.0458. The Morgan fingerprint density at radius 2 is 2.53 bits per heavy atom. The largest absolute Gasteiger partial charge is 0.462 e. The average molecular weight is 208 g/mol. The van der Waals surface area contributed by atoms with Gasteiger partial charge in [0.2, 0.25) is 0 Å². The molecule has 0 saturated carbocycles. The van der Waals surface area contributed by atoms with Crippen LogP contribution in [0.25, 0.3) is 0 Å². The molecule has 2 rings (SSSR count). The third-order valence-corrected chi connectivity index (χ3v) is 2.14. The Balaban J connectivity index is 2.33. The summed E-state index contributed by atoms with van der Waals surface area (Å²) < 4.78 is 6.60. The van der Waals surface area contributed by atoms with Crippen LogP contribution in [0.1, 0.15) is 30.2 Å². The number of anilines is 1. The number of aromatic nitrogens is 2. The molecule has 15 heavy (non-hydrogen) atoms. The summed E-state index contributed by atoms with van der Waals surface area (Å²) >= 11 is 0. The standard InChI is InChI=1S/C9H12N4O2/c1-3-15-9(14)7-5-11-13-6(2)4-10-12-8(7)13/h4-6,12H,3H2,1-2H3. The molecule has 1 aromatic rings. The fraction of sp³-hybridized carbons (Fsp3) is 0.444. The minimum atomic E-state index is -0.379. The Morgan fingerprint density at radius 1 is 1.73 bits per heavy atom. The summed E-state index contributed by atoms with van der Waals surface area (Å²) in [6.07, 6.45) is 3.21. The van der Waals surface area contributed by atoms with Gasteiger partial charge in [-0.1, -0.05) is 0 Å². The number of carbonyl (C=O) groups is 1. The number of nitrogens with zero attached hydrogens (tertiary/aromatic N) is 3. The van der Waals surface area contributed by atoms with Crippen molar-refractivity contribution in [3.63, 3.8) is 0 Å². The van der Waals surface area contributed by atoms with Crippen LogP contribution in [0.15, 0.2) is 11.3 Å². The Hall–Kier alpha value is -1.85. The number of carbonyl (C=O) groups excluding carboxylic acids is 1. The van der Waals surface area contributed by atoms with E-state index in [1.807, 2.05) is 6.92 Å². The Bertz CT molecular complexity index is 410. The van der Waals surface area contributed by atoms with Crippen LogP contribution in [0.5, 0.6) is 0 Å². The van der Waals surface area contributed by atoms with Crippen molar-refractivity contribution < 1.29 is 9.53 Å². The van der Waals surface area contributed by atoms with E-state index in [9.17, 15) is 4.79 Å². The molecule has 0 aromatic carbocycles. The zero-order valence-electron chi connectivity index (χ0n) is 8.60. The van der Waals surface area contributed by atoms with Crippen LogP contribution >= 0.6 is 0 Å². The Labute approximate surface area is 86.9 Å². The lowest BCUT2D eigenvalue weighted by atomic mass is 10.3. The van der Waals surface area contributed by atoms with E-state index in [0.717, 1.165) is 0 Å². The second-order valence-corrected chi connectivity index (χ2v) is 3.20. The highest BCUT2D eigenvalue weighted by atomic mass is 16.5. The molecular formula is C9H12N4O2. The normalized spacial score (nSPS) is 18.1. The van der Waals surface area contributed by atoms with E-state index in [1.54, 1.807) is 17.8 Å². The van der Waals surface area contributed by atoms with Crippen molar-refractivity contribution >= 4 is 18.0 Å². The van der Waals surface area contributed by atoms with Gasteiger partial charge in [-0.3, -0.25) is 5.43 Å². The van der Waals surface area contributed by atoms with E-state index in [0.29, 0.717) is 18.0 Å². The van der Waals surface area contributed by atoms with Crippen LogP contribution in [0.2, 0.25) is 0 Å². The van der Waals surface area contributed by atoms with Crippen molar-refractivity contribution in [3.05, 3.63) is 11.8 Å². The van der Waals surface area contributed by atoms with Gasteiger partial charge in [-0.05, 0) is 13.8 Å². The first-order valence-corrected chi connectivity index (χ1v) is 4.78. The SMILES string of the molecule is CCOC(=O)c1cnn2c1NN=CC2C. The zero-order chi connectivity index (χ0) is 10.8. The maximum atomic E-state index is 11.5. The van der Waals surface area contributed by atoms with Crippen molar-refractivity contribution in [3.8, 4) is 0 Å². The van der Waals surface area contributed by atoms with E-state index in [1.165, 1.54) is 6.20 Å². The lowest BCUT2D eigenvalue weighted by Crippen LogP contribution is -2.18. The van der Waals surface area contributed by atoms with Crippen molar-refractivity contribution in [2.24, 2.45) is 5.10 Å². The van der Waals surface area contributed by atoms with Crippen molar-refractivity contribution in [1.29, 1.82) is 0 Å². The maximum Gasteiger partial charge on any atom is 0.343 e. The van der Waals surface area contributed by atoms with Crippen LogP contribution in [0.4, 0.5) is 5.82 Å². The van der Waals surface area contributed by atoms with E-state index >= 15 is 0 Å². The molecular weight excluding hydrogens is 196 g/mol. The second kappa shape index (κ2) is 3.72. The molecule has 2 heterocycles. The first kappa shape index (κ1) is 9.70. The molecule has 1 aliphatic rings. The van der Waals surface area contributed by atoms with Gasteiger partial charge in [0.25, 0.3) is 0 Å². The van der Waals surface area contributed by atoms with Gasteiger partial charge in [0, 0.05) is 6.21 Å². The number of hydrogen-bond acceptors (Lipinski definition) is 5. The molecule has 1 atom stereocenters. The molecule has 80 valence electrons. The van der Waals surface area contributed by atoms with E-state index in [-0.39, 0.29) is 12.0 Å². The molecule has 1 N–H and O–H groups in total. The third-order valence-electron chi connectivity index (χ3n) is 2.14. The molecule has 1 unspecified atom stereocenters.